The summed E-state index contributed by atoms with van der Waals surface area (Å²) in [6, 6.07) is 16.7. The SMILES string of the molecule is O=C(NCCc1cccc(F)c1)c1ccc2c3c(cccc13)CC2. The first-order valence-corrected chi connectivity index (χ1v) is 8.28. The molecule has 0 spiro atoms. The predicted molar refractivity (Wildman–Crippen MR) is 93.8 cm³/mol. The first-order valence-electron chi connectivity index (χ1n) is 8.28. The van der Waals surface area contributed by atoms with Crippen LogP contribution in [-0.4, -0.2) is 12.5 Å². The quantitative estimate of drug-likeness (QED) is 0.772. The maximum absolute atomic E-state index is 13.2. The van der Waals surface area contributed by atoms with Crippen molar-refractivity contribution >= 4 is 16.7 Å². The number of benzene rings is 3. The van der Waals surface area contributed by atoms with Crippen molar-refractivity contribution < 1.29 is 9.18 Å². The van der Waals surface area contributed by atoms with Gasteiger partial charge in [-0.3, -0.25) is 4.79 Å². The normalized spacial score (nSPS) is 12.5. The Kier molecular flexibility index (Phi) is 3.77. The maximum atomic E-state index is 13.2. The lowest BCUT2D eigenvalue weighted by Crippen LogP contribution is -2.26. The highest BCUT2D eigenvalue weighted by Crippen LogP contribution is 2.32. The third kappa shape index (κ3) is 2.67. The minimum absolute atomic E-state index is 0.0676. The second kappa shape index (κ2) is 6.08. The van der Waals surface area contributed by atoms with Gasteiger partial charge in [0, 0.05) is 12.1 Å². The topological polar surface area (TPSA) is 29.1 Å². The molecule has 0 aromatic heterocycles. The van der Waals surface area contributed by atoms with Gasteiger partial charge in [0.15, 0.2) is 0 Å². The van der Waals surface area contributed by atoms with Gasteiger partial charge in [-0.1, -0.05) is 36.4 Å². The van der Waals surface area contributed by atoms with Crippen molar-refractivity contribution in [1.29, 1.82) is 0 Å². The van der Waals surface area contributed by atoms with Crippen LogP contribution < -0.4 is 5.32 Å². The molecule has 1 amide bonds. The van der Waals surface area contributed by atoms with Crippen LogP contribution in [0, 0.1) is 5.82 Å². The molecule has 3 aromatic carbocycles. The van der Waals surface area contributed by atoms with E-state index in [-0.39, 0.29) is 11.7 Å². The van der Waals surface area contributed by atoms with E-state index in [2.05, 4.69) is 17.4 Å². The van der Waals surface area contributed by atoms with E-state index in [0.29, 0.717) is 13.0 Å². The summed E-state index contributed by atoms with van der Waals surface area (Å²) < 4.78 is 13.2. The molecule has 3 aromatic rings. The molecule has 0 atom stereocenters. The van der Waals surface area contributed by atoms with E-state index in [1.807, 2.05) is 24.3 Å². The molecule has 0 heterocycles. The van der Waals surface area contributed by atoms with Crippen LogP contribution >= 0.6 is 0 Å². The van der Waals surface area contributed by atoms with Crippen LogP contribution in [0.2, 0.25) is 0 Å². The Morgan fingerprint density at radius 3 is 2.62 bits per heavy atom. The number of hydrogen-bond donors (Lipinski definition) is 1. The average Bonchev–Trinajstić information content (AvgIpc) is 3.00. The fourth-order valence-electron chi connectivity index (χ4n) is 3.55. The Hall–Kier alpha value is -2.68. The summed E-state index contributed by atoms with van der Waals surface area (Å²) in [5.74, 6) is -0.312. The highest BCUT2D eigenvalue weighted by Gasteiger charge is 2.18. The second-order valence-corrected chi connectivity index (χ2v) is 6.25. The van der Waals surface area contributed by atoms with E-state index < -0.39 is 0 Å². The number of carbonyl (C=O) groups is 1. The van der Waals surface area contributed by atoms with Crippen LogP contribution in [0.15, 0.2) is 54.6 Å². The van der Waals surface area contributed by atoms with Crippen molar-refractivity contribution in [1.82, 2.24) is 5.32 Å². The van der Waals surface area contributed by atoms with Crippen LogP contribution in [0.5, 0.6) is 0 Å². The molecule has 0 saturated heterocycles. The van der Waals surface area contributed by atoms with E-state index in [4.69, 9.17) is 0 Å². The molecule has 4 rings (SSSR count). The standard InChI is InChI=1S/C21H18FNO/c22-17-5-1-3-14(13-17)11-12-23-21(24)19-10-9-16-8-7-15-4-2-6-18(19)20(15)16/h1-6,9-10,13H,7-8,11-12H2,(H,23,24). The molecule has 0 aliphatic heterocycles. The summed E-state index contributed by atoms with van der Waals surface area (Å²) >= 11 is 0. The average molecular weight is 319 g/mol. The van der Waals surface area contributed by atoms with Gasteiger partial charge < -0.3 is 5.32 Å². The van der Waals surface area contributed by atoms with Crippen molar-refractivity contribution in [2.45, 2.75) is 19.3 Å². The Bertz CT molecular complexity index is 922. The fourth-order valence-corrected chi connectivity index (χ4v) is 3.55. The molecule has 1 N–H and O–H groups in total. The van der Waals surface area contributed by atoms with E-state index in [1.54, 1.807) is 6.07 Å². The van der Waals surface area contributed by atoms with Crippen LogP contribution in [0.1, 0.15) is 27.0 Å². The van der Waals surface area contributed by atoms with Gasteiger partial charge in [0.1, 0.15) is 5.82 Å². The van der Waals surface area contributed by atoms with Crippen LogP contribution in [0.4, 0.5) is 4.39 Å². The van der Waals surface area contributed by atoms with Gasteiger partial charge in [-0.2, -0.15) is 0 Å². The van der Waals surface area contributed by atoms with Gasteiger partial charge in [0.2, 0.25) is 0 Å². The highest BCUT2D eigenvalue weighted by atomic mass is 19.1. The van der Waals surface area contributed by atoms with Crippen LogP contribution in [0.25, 0.3) is 10.8 Å². The van der Waals surface area contributed by atoms with Crippen molar-refractivity contribution in [3.8, 4) is 0 Å². The molecule has 0 fully saturated rings. The smallest absolute Gasteiger partial charge is 0.251 e. The van der Waals surface area contributed by atoms with Gasteiger partial charge in [-0.25, -0.2) is 4.39 Å². The Balaban J connectivity index is 1.52. The minimum Gasteiger partial charge on any atom is -0.352 e. The Morgan fingerprint density at radius 2 is 1.79 bits per heavy atom. The number of aryl methyl sites for hydroxylation is 2. The van der Waals surface area contributed by atoms with Crippen molar-refractivity contribution in [3.05, 3.63) is 82.7 Å². The monoisotopic (exact) mass is 319 g/mol. The molecule has 0 unspecified atom stereocenters. The molecule has 2 nitrogen and oxygen atoms in total. The summed E-state index contributed by atoms with van der Waals surface area (Å²) in [6.07, 6.45) is 2.72. The van der Waals surface area contributed by atoms with Gasteiger partial charge >= 0.3 is 0 Å². The summed E-state index contributed by atoms with van der Waals surface area (Å²) in [6.45, 7) is 0.491. The van der Waals surface area contributed by atoms with E-state index in [1.165, 1.54) is 28.6 Å². The van der Waals surface area contributed by atoms with E-state index >= 15 is 0 Å². The first-order chi connectivity index (χ1) is 11.7. The zero-order valence-electron chi connectivity index (χ0n) is 13.3. The van der Waals surface area contributed by atoms with Crippen LogP contribution in [-0.2, 0) is 19.3 Å². The summed E-state index contributed by atoms with van der Waals surface area (Å²) in [4.78, 5) is 12.6. The van der Waals surface area contributed by atoms with Crippen molar-refractivity contribution in [2.75, 3.05) is 6.54 Å². The molecule has 1 aliphatic rings. The minimum atomic E-state index is -0.244. The van der Waals surface area contributed by atoms with Gasteiger partial charge in [0.25, 0.3) is 5.91 Å². The predicted octanol–water partition coefficient (Wildman–Crippen LogP) is 4.05. The molecular formula is C21H18FNO. The summed E-state index contributed by atoms with van der Waals surface area (Å²) in [5.41, 5.74) is 4.27. The second-order valence-electron chi connectivity index (χ2n) is 6.25. The van der Waals surface area contributed by atoms with Crippen molar-refractivity contribution in [3.63, 3.8) is 0 Å². The van der Waals surface area contributed by atoms with Crippen molar-refractivity contribution in [2.24, 2.45) is 0 Å². The number of carbonyl (C=O) groups excluding carboxylic acids is 1. The van der Waals surface area contributed by atoms with Crippen LogP contribution in [0.3, 0.4) is 0 Å². The Morgan fingerprint density at radius 1 is 1.00 bits per heavy atom. The molecule has 0 bridgehead atoms. The summed E-state index contributed by atoms with van der Waals surface area (Å²) in [7, 11) is 0. The molecule has 3 heteroatoms. The Labute approximate surface area is 140 Å². The first kappa shape index (κ1) is 14.9. The molecule has 0 saturated carbocycles. The zero-order chi connectivity index (χ0) is 16.5. The summed E-state index contributed by atoms with van der Waals surface area (Å²) in [5, 5.41) is 5.24. The van der Waals surface area contributed by atoms with Gasteiger partial charge in [-0.15, -0.1) is 0 Å². The molecular weight excluding hydrogens is 301 g/mol. The fraction of sp³-hybridized carbons (Fsp3) is 0.190. The number of hydrogen-bond acceptors (Lipinski definition) is 1. The van der Waals surface area contributed by atoms with E-state index in [0.717, 1.165) is 29.4 Å². The lowest BCUT2D eigenvalue weighted by molar-refractivity contribution is 0.0956. The molecule has 24 heavy (non-hydrogen) atoms. The highest BCUT2D eigenvalue weighted by molar-refractivity contribution is 6.09. The molecule has 1 aliphatic carbocycles. The zero-order valence-corrected chi connectivity index (χ0v) is 13.3. The largest absolute Gasteiger partial charge is 0.352 e. The lowest BCUT2D eigenvalue weighted by Gasteiger charge is -2.10. The third-order valence-corrected chi connectivity index (χ3v) is 4.71. The number of rotatable bonds is 4. The number of halogens is 1. The number of amides is 1. The molecule has 120 valence electrons. The maximum Gasteiger partial charge on any atom is 0.251 e. The van der Waals surface area contributed by atoms with E-state index in [9.17, 15) is 9.18 Å². The third-order valence-electron chi connectivity index (χ3n) is 4.71. The molecule has 0 radical (unpaired) electrons. The van der Waals surface area contributed by atoms with Gasteiger partial charge in [0.05, 0.1) is 0 Å². The lowest BCUT2D eigenvalue weighted by atomic mass is 9.99. The van der Waals surface area contributed by atoms with Gasteiger partial charge in [-0.05, 0) is 64.9 Å². The number of nitrogens with one attached hydrogen (secondary N) is 1.